The van der Waals surface area contributed by atoms with Gasteiger partial charge in [0.1, 0.15) is 12.2 Å². The van der Waals surface area contributed by atoms with Crippen molar-refractivity contribution in [3.63, 3.8) is 0 Å². The lowest BCUT2D eigenvalue weighted by Crippen LogP contribution is -1.97. The number of hydrogen-bond acceptors (Lipinski definition) is 3. The van der Waals surface area contributed by atoms with Crippen LogP contribution in [0.5, 0.6) is 0 Å². The van der Waals surface area contributed by atoms with Crippen LogP contribution in [0.1, 0.15) is 5.76 Å². The zero-order valence-electron chi connectivity index (χ0n) is 7.27. The van der Waals surface area contributed by atoms with Crippen molar-refractivity contribution in [1.82, 2.24) is 0 Å². The lowest BCUT2D eigenvalue weighted by molar-refractivity contribution is -0.136. The van der Waals surface area contributed by atoms with Crippen molar-refractivity contribution in [2.24, 2.45) is 0 Å². The van der Waals surface area contributed by atoms with E-state index in [-0.39, 0.29) is 6.42 Å². The van der Waals surface area contributed by atoms with Gasteiger partial charge in [-0.1, -0.05) is 0 Å². The molecule has 14 heavy (non-hydrogen) atoms. The Morgan fingerprint density at radius 3 is 2.79 bits per heavy atom. The van der Waals surface area contributed by atoms with Gasteiger partial charge in [-0.05, 0) is 24.3 Å². The minimum absolute atomic E-state index is 0.110. The number of furan rings is 2. The van der Waals surface area contributed by atoms with Gasteiger partial charge in [0.25, 0.3) is 0 Å². The molecule has 0 aromatic carbocycles. The van der Waals surface area contributed by atoms with Gasteiger partial charge in [0.2, 0.25) is 0 Å². The second-order valence-electron chi connectivity index (χ2n) is 2.81. The van der Waals surface area contributed by atoms with Gasteiger partial charge in [0.05, 0.1) is 6.26 Å². The average Bonchev–Trinajstić information content (AvgIpc) is 2.69. The highest BCUT2D eigenvalue weighted by molar-refractivity contribution is 5.69. The van der Waals surface area contributed by atoms with E-state index >= 15 is 0 Å². The van der Waals surface area contributed by atoms with E-state index in [1.165, 1.54) is 6.26 Å². The summed E-state index contributed by atoms with van der Waals surface area (Å²) in [6.07, 6.45) is 1.43. The van der Waals surface area contributed by atoms with Crippen molar-refractivity contribution in [1.29, 1.82) is 0 Å². The minimum atomic E-state index is -0.912. The van der Waals surface area contributed by atoms with Crippen LogP contribution in [0.4, 0.5) is 0 Å². The van der Waals surface area contributed by atoms with Gasteiger partial charge in [-0.15, -0.1) is 0 Å². The summed E-state index contributed by atoms with van der Waals surface area (Å²) in [5, 5.41) is 8.52. The fraction of sp³-hybridized carbons (Fsp3) is 0.100. The van der Waals surface area contributed by atoms with Crippen molar-refractivity contribution in [3.8, 4) is 11.5 Å². The molecule has 0 radical (unpaired) electrons. The first-order valence-electron chi connectivity index (χ1n) is 4.10. The Morgan fingerprint density at radius 2 is 2.14 bits per heavy atom. The molecule has 2 aromatic heterocycles. The molecule has 1 N–H and O–H groups in total. The number of carboxylic acid groups (broad SMARTS) is 1. The van der Waals surface area contributed by atoms with E-state index < -0.39 is 5.97 Å². The Labute approximate surface area is 79.8 Å². The molecular weight excluding hydrogens is 184 g/mol. The summed E-state index contributed by atoms with van der Waals surface area (Å²) in [7, 11) is 0. The van der Waals surface area contributed by atoms with Crippen LogP contribution in [-0.4, -0.2) is 11.1 Å². The van der Waals surface area contributed by atoms with Crippen LogP contribution in [0.15, 0.2) is 39.4 Å². The first-order chi connectivity index (χ1) is 6.75. The van der Waals surface area contributed by atoms with Crippen LogP contribution in [0.3, 0.4) is 0 Å². The van der Waals surface area contributed by atoms with Crippen LogP contribution < -0.4 is 0 Å². The van der Waals surface area contributed by atoms with Crippen LogP contribution >= 0.6 is 0 Å². The van der Waals surface area contributed by atoms with Gasteiger partial charge < -0.3 is 13.9 Å². The molecule has 0 saturated heterocycles. The SMILES string of the molecule is O=C(O)Cc1ccc(-c2ccco2)o1. The molecule has 72 valence electrons. The number of aliphatic carboxylic acids is 1. The molecule has 0 atom stereocenters. The van der Waals surface area contributed by atoms with Gasteiger partial charge in [-0.3, -0.25) is 4.79 Å². The summed E-state index contributed by atoms with van der Waals surface area (Å²) >= 11 is 0. The minimum Gasteiger partial charge on any atom is -0.481 e. The molecular formula is C10H8O4. The predicted molar refractivity (Wildman–Crippen MR) is 47.7 cm³/mol. The third-order valence-corrected chi connectivity index (χ3v) is 1.75. The van der Waals surface area contributed by atoms with Gasteiger partial charge in [-0.2, -0.15) is 0 Å². The first-order valence-corrected chi connectivity index (χ1v) is 4.10. The molecule has 4 nitrogen and oxygen atoms in total. The molecule has 2 aromatic rings. The molecule has 2 heterocycles. The molecule has 0 aliphatic carbocycles. The van der Waals surface area contributed by atoms with Crippen molar-refractivity contribution in [2.75, 3.05) is 0 Å². The standard InChI is InChI=1S/C10H8O4/c11-10(12)6-7-3-4-9(14-7)8-2-1-5-13-8/h1-5H,6H2,(H,11,12). The fourth-order valence-electron chi connectivity index (χ4n) is 1.17. The van der Waals surface area contributed by atoms with E-state index in [4.69, 9.17) is 13.9 Å². The first kappa shape index (κ1) is 8.62. The largest absolute Gasteiger partial charge is 0.481 e. The monoisotopic (exact) mass is 192 g/mol. The van der Waals surface area contributed by atoms with Crippen molar-refractivity contribution in [3.05, 3.63) is 36.3 Å². The maximum Gasteiger partial charge on any atom is 0.311 e. The molecule has 0 spiro atoms. The molecule has 0 aliphatic heterocycles. The Kier molecular flexibility index (Phi) is 2.10. The number of carboxylic acids is 1. The molecule has 4 heteroatoms. The maximum atomic E-state index is 10.4. The second kappa shape index (κ2) is 3.41. The highest BCUT2D eigenvalue weighted by Gasteiger charge is 2.09. The topological polar surface area (TPSA) is 63.6 Å². The van der Waals surface area contributed by atoms with Gasteiger partial charge >= 0.3 is 5.97 Å². The maximum absolute atomic E-state index is 10.4. The van der Waals surface area contributed by atoms with Crippen LogP contribution in [0.2, 0.25) is 0 Å². The number of carbonyl (C=O) groups is 1. The lowest BCUT2D eigenvalue weighted by Gasteiger charge is -1.90. The van der Waals surface area contributed by atoms with Crippen molar-refractivity contribution < 1.29 is 18.7 Å². The summed E-state index contributed by atoms with van der Waals surface area (Å²) < 4.78 is 10.4. The summed E-state index contributed by atoms with van der Waals surface area (Å²) in [6.45, 7) is 0. The highest BCUT2D eigenvalue weighted by atomic mass is 16.4. The lowest BCUT2D eigenvalue weighted by atomic mass is 10.3. The third kappa shape index (κ3) is 1.69. The zero-order valence-corrected chi connectivity index (χ0v) is 7.27. The normalized spacial score (nSPS) is 10.3. The van der Waals surface area contributed by atoms with Gasteiger partial charge in [0, 0.05) is 0 Å². The molecule has 2 rings (SSSR count). The highest BCUT2D eigenvalue weighted by Crippen LogP contribution is 2.22. The van der Waals surface area contributed by atoms with Crippen molar-refractivity contribution >= 4 is 5.97 Å². The quantitative estimate of drug-likeness (QED) is 0.809. The Hall–Kier alpha value is -1.97. The van der Waals surface area contributed by atoms with E-state index in [1.54, 1.807) is 24.3 Å². The predicted octanol–water partition coefficient (Wildman–Crippen LogP) is 2.17. The fourth-order valence-corrected chi connectivity index (χ4v) is 1.17. The average molecular weight is 192 g/mol. The Morgan fingerprint density at radius 1 is 1.29 bits per heavy atom. The van der Waals surface area contributed by atoms with E-state index in [0.717, 1.165) is 0 Å². The van der Waals surface area contributed by atoms with Gasteiger partial charge in [-0.25, -0.2) is 0 Å². The summed E-state index contributed by atoms with van der Waals surface area (Å²) in [5.41, 5.74) is 0. The molecule has 0 amide bonds. The number of rotatable bonds is 3. The summed E-state index contributed by atoms with van der Waals surface area (Å²) in [4.78, 5) is 10.4. The van der Waals surface area contributed by atoms with E-state index in [2.05, 4.69) is 0 Å². The van der Waals surface area contributed by atoms with Crippen LogP contribution in [-0.2, 0) is 11.2 Å². The van der Waals surface area contributed by atoms with Gasteiger partial charge in [0.15, 0.2) is 11.5 Å². The third-order valence-electron chi connectivity index (χ3n) is 1.75. The Balaban J connectivity index is 2.22. The molecule has 0 unspecified atom stereocenters. The van der Waals surface area contributed by atoms with E-state index in [9.17, 15) is 4.79 Å². The zero-order chi connectivity index (χ0) is 9.97. The van der Waals surface area contributed by atoms with Crippen molar-refractivity contribution in [2.45, 2.75) is 6.42 Å². The van der Waals surface area contributed by atoms with E-state index in [1.807, 2.05) is 0 Å². The molecule has 0 bridgehead atoms. The van der Waals surface area contributed by atoms with Crippen LogP contribution in [0.25, 0.3) is 11.5 Å². The molecule has 0 fully saturated rings. The summed E-state index contributed by atoms with van der Waals surface area (Å²) in [6, 6.07) is 6.82. The van der Waals surface area contributed by atoms with E-state index in [0.29, 0.717) is 17.3 Å². The van der Waals surface area contributed by atoms with Crippen LogP contribution in [0, 0.1) is 0 Å². The molecule has 0 saturated carbocycles. The Bertz CT molecular complexity index is 425. The molecule has 0 aliphatic rings. The second-order valence-corrected chi connectivity index (χ2v) is 2.81. The smallest absolute Gasteiger partial charge is 0.311 e. The number of hydrogen-bond donors (Lipinski definition) is 1. The summed E-state index contributed by atoms with van der Waals surface area (Å²) in [5.74, 6) is 0.655.